The summed E-state index contributed by atoms with van der Waals surface area (Å²) in [6, 6.07) is 23.2. The number of aromatic nitrogens is 2. The van der Waals surface area contributed by atoms with E-state index in [-0.39, 0.29) is 5.95 Å². The molecule has 1 amide bonds. The molecule has 0 saturated heterocycles. The third kappa shape index (κ3) is 3.39. The van der Waals surface area contributed by atoms with Gasteiger partial charge in [0.15, 0.2) is 5.82 Å². The van der Waals surface area contributed by atoms with Crippen molar-refractivity contribution in [3.8, 4) is 11.1 Å². The molecule has 0 spiro atoms. The smallest absolute Gasteiger partial charge is 0.222 e. The molecule has 6 nitrogen and oxygen atoms in total. The number of benzene rings is 3. The minimum atomic E-state index is 0.193. The van der Waals surface area contributed by atoms with E-state index in [1.165, 1.54) is 0 Å². The van der Waals surface area contributed by atoms with Gasteiger partial charge in [-0.2, -0.15) is 4.98 Å². The third-order valence-corrected chi connectivity index (χ3v) is 5.06. The quantitative estimate of drug-likeness (QED) is 0.345. The number of rotatable bonds is 5. The minimum Gasteiger partial charge on any atom is -0.368 e. The van der Waals surface area contributed by atoms with Crippen LogP contribution in [-0.2, 0) is 4.79 Å². The summed E-state index contributed by atoms with van der Waals surface area (Å²) in [5.74, 6) is 0.829. The predicted octanol–water partition coefficient (Wildman–Crippen LogP) is 4.90. The molecule has 4 aromatic rings. The van der Waals surface area contributed by atoms with Crippen molar-refractivity contribution in [1.82, 2.24) is 9.97 Å². The van der Waals surface area contributed by atoms with Gasteiger partial charge in [0.05, 0.1) is 27.4 Å². The average molecular weight is 434 g/mol. The number of nitrogens with one attached hydrogen (secondary N) is 1. The summed E-state index contributed by atoms with van der Waals surface area (Å²) >= 11 is 3.60. The molecule has 4 rings (SSSR count). The molecule has 0 saturated carbocycles. The number of para-hydroxylation sites is 2. The van der Waals surface area contributed by atoms with Crippen LogP contribution < -0.4 is 15.0 Å². The maximum Gasteiger partial charge on any atom is 0.222 e. The lowest BCUT2D eigenvalue weighted by molar-refractivity contribution is -0.105. The van der Waals surface area contributed by atoms with E-state index in [2.05, 4.69) is 31.4 Å². The zero-order chi connectivity index (χ0) is 19.5. The number of amides is 1. The normalized spacial score (nSPS) is 10.6. The van der Waals surface area contributed by atoms with E-state index in [0.717, 1.165) is 33.4 Å². The first-order valence-electron chi connectivity index (χ1n) is 8.55. The van der Waals surface area contributed by atoms with Crippen molar-refractivity contribution in [3.05, 3.63) is 72.8 Å². The fourth-order valence-corrected chi connectivity index (χ4v) is 3.56. The first kappa shape index (κ1) is 17.9. The van der Waals surface area contributed by atoms with Crippen LogP contribution in [0.15, 0.2) is 72.8 Å². The number of nitrogens with zero attached hydrogens (tertiary/aromatic N) is 3. The van der Waals surface area contributed by atoms with Crippen LogP contribution in [0.3, 0.4) is 0 Å². The molecule has 28 heavy (non-hydrogen) atoms. The van der Waals surface area contributed by atoms with Crippen molar-refractivity contribution in [2.45, 2.75) is 0 Å². The van der Waals surface area contributed by atoms with E-state index < -0.39 is 0 Å². The van der Waals surface area contributed by atoms with Crippen LogP contribution in [0.1, 0.15) is 0 Å². The van der Waals surface area contributed by atoms with Gasteiger partial charge in [0, 0.05) is 16.6 Å². The molecule has 7 heteroatoms. The first-order chi connectivity index (χ1) is 13.7. The van der Waals surface area contributed by atoms with E-state index in [0.29, 0.717) is 12.2 Å². The number of nitrogen functional groups attached to an aromatic ring is 1. The maximum absolute atomic E-state index is 11.0. The van der Waals surface area contributed by atoms with Crippen LogP contribution in [-0.4, -0.2) is 16.4 Å². The Labute approximate surface area is 170 Å². The summed E-state index contributed by atoms with van der Waals surface area (Å²) in [4.78, 5) is 19.7. The molecular weight excluding hydrogens is 418 g/mol. The molecule has 0 unspecified atom stereocenters. The molecule has 1 aromatic heterocycles. The molecule has 0 bridgehead atoms. The molecule has 138 valence electrons. The lowest BCUT2D eigenvalue weighted by atomic mass is 10.0. The molecule has 0 aliphatic rings. The van der Waals surface area contributed by atoms with E-state index in [1.54, 1.807) is 3.93 Å². The Morgan fingerprint density at radius 2 is 1.71 bits per heavy atom. The number of nitrogens with two attached hydrogens (primary N) is 1. The summed E-state index contributed by atoms with van der Waals surface area (Å²) in [5.41, 5.74) is 10.1. The molecule has 0 radical (unpaired) electrons. The summed E-state index contributed by atoms with van der Waals surface area (Å²) < 4.78 is 1.80. The monoisotopic (exact) mass is 433 g/mol. The number of carbonyl (C=O) groups is 1. The Morgan fingerprint density at radius 1 is 0.964 bits per heavy atom. The van der Waals surface area contributed by atoms with E-state index in [4.69, 9.17) is 5.73 Å². The van der Waals surface area contributed by atoms with Crippen LogP contribution in [0.2, 0.25) is 0 Å². The van der Waals surface area contributed by atoms with Crippen LogP contribution in [0.5, 0.6) is 0 Å². The Bertz CT molecular complexity index is 1150. The Balaban J connectivity index is 1.90. The largest absolute Gasteiger partial charge is 0.368 e. The van der Waals surface area contributed by atoms with Gasteiger partial charge in [-0.1, -0.05) is 42.5 Å². The van der Waals surface area contributed by atoms with Crippen molar-refractivity contribution in [1.29, 1.82) is 0 Å². The van der Waals surface area contributed by atoms with Gasteiger partial charge in [-0.15, -0.1) is 0 Å². The summed E-state index contributed by atoms with van der Waals surface area (Å²) in [6.45, 7) is 0. The zero-order valence-electron chi connectivity index (χ0n) is 14.7. The van der Waals surface area contributed by atoms with Crippen LogP contribution in [0.25, 0.3) is 22.0 Å². The van der Waals surface area contributed by atoms with Crippen LogP contribution in [0, 0.1) is 0 Å². The van der Waals surface area contributed by atoms with E-state index in [9.17, 15) is 4.79 Å². The predicted molar refractivity (Wildman–Crippen MR) is 117 cm³/mol. The highest BCUT2D eigenvalue weighted by atomic mass is 79.9. The minimum absolute atomic E-state index is 0.193. The van der Waals surface area contributed by atoms with E-state index in [1.807, 2.05) is 72.8 Å². The van der Waals surface area contributed by atoms with Crippen molar-refractivity contribution in [3.63, 3.8) is 0 Å². The maximum atomic E-state index is 11.0. The van der Waals surface area contributed by atoms with Gasteiger partial charge in [0.1, 0.15) is 0 Å². The molecule has 3 aromatic carbocycles. The van der Waals surface area contributed by atoms with Gasteiger partial charge in [0.2, 0.25) is 12.4 Å². The van der Waals surface area contributed by atoms with Gasteiger partial charge in [-0.25, -0.2) is 4.98 Å². The highest BCUT2D eigenvalue weighted by Gasteiger charge is 2.15. The van der Waals surface area contributed by atoms with E-state index >= 15 is 0 Å². The second-order valence-electron chi connectivity index (χ2n) is 6.06. The fraction of sp³-hybridized carbons (Fsp3) is 0. The Morgan fingerprint density at radius 3 is 2.50 bits per heavy atom. The van der Waals surface area contributed by atoms with Crippen molar-refractivity contribution < 1.29 is 4.79 Å². The zero-order valence-corrected chi connectivity index (χ0v) is 16.3. The number of carbonyl (C=O) groups excluding carboxylic acids is 1. The number of hydrogen-bond acceptors (Lipinski definition) is 5. The number of hydrogen-bond donors (Lipinski definition) is 2. The van der Waals surface area contributed by atoms with Gasteiger partial charge in [-0.05, 0) is 35.9 Å². The SMILES string of the molecule is Nc1nc(N(Br)c2ccccc2)c2cc(-c3ccccc3NC=O)ccc2n1. The summed E-state index contributed by atoms with van der Waals surface area (Å²) in [5, 5.41) is 3.57. The van der Waals surface area contributed by atoms with Crippen LogP contribution >= 0.6 is 16.1 Å². The fourth-order valence-electron chi connectivity index (χ4n) is 3.05. The number of halogens is 1. The molecule has 0 atom stereocenters. The highest BCUT2D eigenvalue weighted by molar-refractivity contribution is 9.10. The molecule has 0 aliphatic carbocycles. The topological polar surface area (TPSA) is 84.1 Å². The average Bonchev–Trinajstić information content (AvgIpc) is 2.73. The first-order valence-corrected chi connectivity index (χ1v) is 9.26. The molecule has 0 fully saturated rings. The number of fused-ring (bicyclic) bond motifs is 1. The highest BCUT2D eigenvalue weighted by Crippen LogP contribution is 2.36. The second kappa shape index (κ2) is 7.66. The van der Waals surface area contributed by atoms with Gasteiger partial charge in [-0.3, -0.25) is 8.72 Å². The van der Waals surface area contributed by atoms with Crippen molar-refractivity contribution >= 4 is 56.6 Å². The molecular formula is C21H16BrN5O. The lowest BCUT2D eigenvalue weighted by Gasteiger charge is -2.18. The summed E-state index contributed by atoms with van der Waals surface area (Å²) in [6.07, 6.45) is 0.671. The number of anilines is 4. The van der Waals surface area contributed by atoms with Gasteiger partial charge < -0.3 is 11.1 Å². The standard InChI is InChI=1S/C21H16BrN5O/c22-27(15-6-2-1-3-7-15)20-17-12-14(10-11-19(17)25-21(23)26-20)16-8-4-5-9-18(16)24-13-28/h1-13H,(H,24,28)(H2,23,25,26). The lowest BCUT2D eigenvalue weighted by Crippen LogP contribution is -2.07. The third-order valence-electron chi connectivity index (χ3n) is 4.31. The summed E-state index contributed by atoms with van der Waals surface area (Å²) in [7, 11) is 0. The van der Waals surface area contributed by atoms with Gasteiger partial charge in [0.25, 0.3) is 0 Å². The molecule has 0 aliphatic heterocycles. The Kier molecular flexibility index (Phi) is 4.90. The van der Waals surface area contributed by atoms with Crippen molar-refractivity contribution in [2.24, 2.45) is 0 Å². The van der Waals surface area contributed by atoms with Crippen LogP contribution in [0.4, 0.5) is 23.1 Å². The molecule has 1 heterocycles. The van der Waals surface area contributed by atoms with Crippen molar-refractivity contribution in [2.75, 3.05) is 15.0 Å². The second-order valence-corrected chi connectivity index (χ2v) is 6.77. The molecule has 3 N–H and O–H groups in total. The van der Waals surface area contributed by atoms with Gasteiger partial charge >= 0.3 is 0 Å². The Hall–Kier alpha value is -3.45.